The topological polar surface area (TPSA) is 26.7 Å². The molecule has 0 amide bonds. The van der Waals surface area contributed by atoms with E-state index < -0.39 is 0 Å². The molecular weight excluding hydrogens is 212 g/mol. The lowest BCUT2D eigenvalue weighted by atomic mass is 9.92. The second kappa shape index (κ2) is 6.17. The number of hydrogen-bond donors (Lipinski definition) is 1. The predicted octanol–water partition coefficient (Wildman–Crippen LogP) is 1.71. The van der Waals surface area contributed by atoms with Crippen molar-refractivity contribution >= 4 is 0 Å². The number of piperazine rings is 1. The molecule has 1 aliphatic carbocycles. The number of aliphatic hydroxyl groups excluding tert-OH is 1. The minimum atomic E-state index is 0.320. The van der Waals surface area contributed by atoms with E-state index in [4.69, 9.17) is 0 Å². The van der Waals surface area contributed by atoms with Crippen molar-refractivity contribution in [3.63, 3.8) is 0 Å². The molecule has 2 atom stereocenters. The van der Waals surface area contributed by atoms with Gasteiger partial charge in [0, 0.05) is 37.8 Å². The van der Waals surface area contributed by atoms with Crippen LogP contribution in [0.15, 0.2) is 0 Å². The van der Waals surface area contributed by atoms with Crippen LogP contribution in [-0.4, -0.2) is 59.8 Å². The van der Waals surface area contributed by atoms with Gasteiger partial charge >= 0.3 is 0 Å². The molecule has 0 aromatic heterocycles. The molecule has 0 aromatic carbocycles. The van der Waals surface area contributed by atoms with Crippen molar-refractivity contribution in [3.8, 4) is 0 Å². The van der Waals surface area contributed by atoms with Gasteiger partial charge < -0.3 is 5.11 Å². The Morgan fingerprint density at radius 2 is 1.82 bits per heavy atom. The van der Waals surface area contributed by atoms with Crippen molar-refractivity contribution in [1.29, 1.82) is 0 Å². The van der Waals surface area contributed by atoms with E-state index in [-0.39, 0.29) is 0 Å². The Hall–Kier alpha value is -0.120. The van der Waals surface area contributed by atoms with Gasteiger partial charge in [-0.1, -0.05) is 19.3 Å². The minimum absolute atomic E-state index is 0.320. The summed E-state index contributed by atoms with van der Waals surface area (Å²) < 4.78 is 0. The lowest BCUT2D eigenvalue weighted by Gasteiger charge is -2.47. The first-order chi connectivity index (χ1) is 8.22. The largest absolute Gasteiger partial charge is 0.396 e. The van der Waals surface area contributed by atoms with Crippen LogP contribution in [-0.2, 0) is 0 Å². The number of nitrogens with zero attached hydrogens (tertiary/aromatic N) is 2. The van der Waals surface area contributed by atoms with Crippen LogP contribution >= 0.6 is 0 Å². The van der Waals surface area contributed by atoms with E-state index in [2.05, 4.69) is 23.8 Å². The fourth-order valence-corrected chi connectivity index (χ4v) is 3.49. The van der Waals surface area contributed by atoms with Gasteiger partial charge in [0.05, 0.1) is 0 Å². The first-order valence-electron chi connectivity index (χ1n) is 7.29. The van der Waals surface area contributed by atoms with Crippen LogP contribution in [0.5, 0.6) is 0 Å². The van der Waals surface area contributed by atoms with E-state index in [1.165, 1.54) is 38.6 Å². The highest BCUT2D eigenvalue weighted by Gasteiger charge is 2.32. The first-order valence-corrected chi connectivity index (χ1v) is 7.29. The van der Waals surface area contributed by atoms with Crippen LogP contribution in [0.4, 0.5) is 0 Å². The third kappa shape index (κ3) is 3.21. The van der Waals surface area contributed by atoms with Crippen LogP contribution in [0.2, 0.25) is 0 Å². The zero-order valence-corrected chi connectivity index (χ0v) is 11.4. The molecule has 1 saturated heterocycles. The molecule has 0 aromatic rings. The Labute approximate surface area is 106 Å². The maximum Gasteiger partial charge on any atom is 0.0446 e. The van der Waals surface area contributed by atoms with Crippen molar-refractivity contribution in [2.24, 2.45) is 0 Å². The summed E-state index contributed by atoms with van der Waals surface area (Å²) in [7, 11) is 2.21. The first kappa shape index (κ1) is 13.3. The van der Waals surface area contributed by atoms with Gasteiger partial charge in [-0.2, -0.15) is 0 Å². The SMILES string of the molecule is CC1CN(C2CCCCC2)CC(CCO)N1C. The Morgan fingerprint density at radius 3 is 2.47 bits per heavy atom. The lowest BCUT2D eigenvalue weighted by Crippen LogP contribution is -2.58. The van der Waals surface area contributed by atoms with E-state index in [0.29, 0.717) is 18.7 Å². The van der Waals surface area contributed by atoms with Crippen molar-refractivity contribution in [2.45, 2.75) is 63.6 Å². The molecule has 2 rings (SSSR count). The maximum absolute atomic E-state index is 9.17. The summed E-state index contributed by atoms with van der Waals surface area (Å²) >= 11 is 0. The van der Waals surface area contributed by atoms with Crippen LogP contribution < -0.4 is 0 Å². The molecule has 17 heavy (non-hydrogen) atoms. The van der Waals surface area contributed by atoms with E-state index in [0.717, 1.165) is 19.0 Å². The summed E-state index contributed by atoms with van der Waals surface area (Å²) in [5.41, 5.74) is 0. The summed E-state index contributed by atoms with van der Waals surface area (Å²) in [5.74, 6) is 0. The average Bonchev–Trinajstić information content (AvgIpc) is 2.36. The van der Waals surface area contributed by atoms with Gasteiger partial charge in [-0.3, -0.25) is 9.80 Å². The van der Waals surface area contributed by atoms with Gasteiger partial charge in [-0.15, -0.1) is 0 Å². The highest BCUT2D eigenvalue weighted by Crippen LogP contribution is 2.26. The van der Waals surface area contributed by atoms with Gasteiger partial charge in [0.15, 0.2) is 0 Å². The Kier molecular flexibility index (Phi) is 4.83. The summed E-state index contributed by atoms with van der Waals surface area (Å²) in [4.78, 5) is 5.15. The molecule has 1 saturated carbocycles. The van der Waals surface area contributed by atoms with E-state index >= 15 is 0 Å². The van der Waals surface area contributed by atoms with Crippen LogP contribution in [0, 0.1) is 0 Å². The standard InChI is InChI=1S/C14H28N2O/c1-12-10-16(13-6-4-3-5-7-13)11-14(8-9-17)15(12)2/h12-14,17H,3-11H2,1-2H3. The summed E-state index contributed by atoms with van der Waals surface area (Å²) in [5, 5.41) is 9.17. The van der Waals surface area contributed by atoms with Crippen LogP contribution in [0.25, 0.3) is 0 Å². The molecule has 100 valence electrons. The van der Waals surface area contributed by atoms with Gasteiger partial charge in [0.2, 0.25) is 0 Å². The number of hydrogen-bond acceptors (Lipinski definition) is 3. The zero-order chi connectivity index (χ0) is 12.3. The molecule has 3 heteroatoms. The van der Waals surface area contributed by atoms with Crippen molar-refractivity contribution in [3.05, 3.63) is 0 Å². The van der Waals surface area contributed by atoms with Crippen LogP contribution in [0.1, 0.15) is 45.4 Å². The molecule has 1 heterocycles. The van der Waals surface area contributed by atoms with Gasteiger partial charge in [-0.25, -0.2) is 0 Å². The fourth-order valence-electron chi connectivity index (χ4n) is 3.49. The quantitative estimate of drug-likeness (QED) is 0.813. The molecule has 2 fully saturated rings. The monoisotopic (exact) mass is 240 g/mol. The lowest BCUT2D eigenvalue weighted by molar-refractivity contribution is 0.00807. The fraction of sp³-hybridized carbons (Fsp3) is 1.00. The maximum atomic E-state index is 9.17. The average molecular weight is 240 g/mol. The molecule has 1 N–H and O–H groups in total. The van der Waals surface area contributed by atoms with Gasteiger partial charge in [0.1, 0.15) is 0 Å². The molecule has 2 aliphatic rings. The van der Waals surface area contributed by atoms with E-state index in [9.17, 15) is 5.11 Å². The smallest absolute Gasteiger partial charge is 0.0446 e. The molecule has 0 radical (unpaired) electrons. The second-order valence-corrected chi connectivity index (χ2v) is 5.93. The minimum Gasteiger partial charge on any atom is -0.396 e. The predicted molar refractivity (Wildman–Crippen MR) is 71.2 cm³/mol. The highest BCUT2D eigenvalue weighted by atomic mass is 16.3. The summed E-state index contributed by atoms with van der Waals surface area (Å²) in [6.45, 7) is 5.01. The summed E-state index contributed by atoms with van der Waals surface area (Å²) in [6.07, 6.45) is 7.96. The van der Waals surface area contributed by atoms with Crippen molar-refractivity contribution in [2.75, 3.05) is 26.7 Å². The van der Waals surface area contributed by atoms with Gasteiger partial charge in [-0.05, 0) is 33.2 Å². The Morgan fingerprint density at radius 1 is 1.12 bits per heavy atom. The second-order valence-electron chi connectivity index (χ2n) is 5.93. The summed E-state index contributed by atoms with van der Waals surface area (Å²) in [6, 6.07) is 1.99. The highest BCUT2D eigenvalue weighted by molar-refractivity contribution is 4.89. The molecule has 3 nitrogen and oxygen atoms in total. The molecule has 2 unspecified atom stereocenters. The molecular formula is C14H28N2O. The molecule has 0 spiro atoms. The van der Waals surface area contributed by atoms with E-state index in [1.807, 2.05) is 0 Å². The number of likely N-dealkylation sites (N-methyl/N-ethyl adjacent to an activating group) is 1. The third-order valence-corrected chi connectivity index (χ3v) is 4.77. The van der Waals surface area contributed by atoms with Gasteiger partial charge in [0.25, 0.3) is 0 Å². The zero-order valence-electron chi connectivity index (χ0n) is 11.4. The van der Waals surface area contributed by atoms with Crippen LogP contribution in [0.3, 0.4) is 0 Å². The Balaban J connectivity index is 1.94. The Bertz CT molecular complexity index is 228. The number of rotatable bonds is 3. The molecule has 1 aliphatic heterocycles. The van der Waals surface area contributed by atoms with E-state index in [1.54, 1.807) is 0 Å². The van der Waals surface area contributed by atoms with Crippen molar-refractivity contribution < 1.29 is 5.11 Å². The van der Waals surface area contributed by atoms with Crippen molar-refractivity contribution in [1.82, 2.24) is 9.80 Å². The molecule has 0 bridgehead atoms. The third-order valence-electron chi connectivity index (χ3n) is 4.77. The normalized spacial score (nSPS) is 34.1. The number of aliphatic hydroxyl groups is 1.